The molecule has 1 aliphatic rings. The molecule has 1 aliphatic heterocycles. The first-order valence-corrected chi connectivity index (χ1v) is 7.54. The second-order valence-electron chi connectivity index (χ2n) is 4.47. The number of hydrogen-bond acceptors (Lipinski definition) is 5. The van der Waals surface area contributed by atoms with Gasteiger partial charge in [0.1, 0.15) is 5.82 Å². The lowest BCUT2D eigenvalue weighted by Gasteiger charge is -2.39. The van der Waals surface area contributed by atoms with E-state index in [4.69, 9.17) is 0 Å². The SMILES string of the molecule is CCS(=O)(=O)C1CN(c2nc(C)nc(C)c2F)C1. The number of aryl methyl sites for hydroxylation is 2. The van der Waals surface area contributed by atoms with Gasteiger partial charge in [0, 0.05) is 18.8 Å². The summed E-state index contributed by atoms with van der Waals surface area (Å²) in [6.45, 7) is 5.51. The van der Waals surface area contributed by atoms with Crippen molar-refractivity contribution in [3.05, 3.63) is 17.3 Å². The van der Waals surface area contributed by atoms with Crippen LogP contribution < -0.4 is 4.90 Å². The van der Waals surface area contributed by atoms with Crippen LogP contribution in [0, 0.1) is 19.7 Å². The average Bonchev–Trinajstić information content (AvgIpc) is 2.22. The van der Waals surface area contributed by atoms with Crippen LogP contribution in [-0.4, -0.2) is 42.5 Å². The molecule has 2 heterocycles. The van der Waals surface area contributed by atoms with Gasteiger partial charge in [-0.3, -0.25) is 0 Å². The molecular formula is C11H16FN3O2S. The molecule has 18 heavy (non-hydrogen) atoms. The molecule has 1 fully saturated rings. The number of halogens is 1. The van der Waals surface area contributed by atoms with Crippen molar-refractivity contribution in [1.82, 2.24) is 9.97 Å². The Morgan fingerprint density at radius 3 is 2.50 bits per heavy atom. The third kappa shape index (κ3) is 2.19. The Hall–Kier alpha value is -1.24. The highest BCUT2D eigenvalue weighted by Crippen LogP contribution is 2.26. The molecule has 1 saturated heterocycles. The molecule has 1 aromatic rings. The lowest BCUT2D eigenvalue weighted by molar-refractivity contribution is 0.522. The lowest BCUT2D eigenvalue weighted by atomic mass is 10.2. The standard InChI is InChI=1S/C11H16FN3O2S/c1-4-18(16,17)9-5-15(6-9)11-10(12)7(2)13-8(3)14-11/h9H,4-6H2,1-3H3. The minimum absolute atomic E-state index is 0.121. The van der Waals surface area contributed by atoms with Gasteiger partial charge in [-0.2, -0.15) is 0 Å². The van der Waals surface area contributed by atoms with Crippen molar-refractivity contribution in [3.8, 4) is 0 Å². The molecule has 0 spiro atoms. The Balaban J connectivity index is 2.19. The van der Waals surface area contributed by atoms with E-state index < -0.39 is 20.9 Å². The average molecular weight is 273 g/mol. The summed E-state index contributed by atoms with van der Waals surface area (Å²) in [4.78, 5) is 9.62. The van der Waals surface area contributed by atoms with Gasteiger partial charge in [0.05, 0.1) is 10.9 Å². The zero-order chi connectivity index (χ0) is 13.5. The fourth-order valence-corrected chi connectivity index (χ4v) is 3.25. The quantitative estimate of drug-likeness (QED) is 0.817. The predicted octanol–water partition coefficient (Wildman–Crippen LogP) is 0.856. The number of sulfone groups is 1. The second kappa shape index (κ2) is 4.46. The van der Waals surface area contributed by atoms with Gasteiger partial charge in [0.15, 0.2) is 21.5 Å². The summed E-state index contributed by atoms with van der Waals surface area (Å²) in [5.74, 6) is 0.358. The first-order chi connectivity index (χ1) is 8.35. The monoisotopic (exact) mass is 273 g/mol. The van der Waals surface area contributed by atoms with Gasteiger partial charge in [-0.15, -0.1) is 0 Å². The number of nitrogens with zero attached hydrogens (tertiary/aromatic N) is 3. The molecule has 0 bridgehead atoms. The van der Waals surface area contributed by atoms with E-state index in [1.165, 1.54) is 0 Å². The van der Waals surface area contributed by atoms with Crippen LogP contribution in [0.4, 0.5) is 10.2 Å². The van der Waals surface area contributed by atoms with Crippen LogP contribution in [0.1, 0.15) is 18.4 Å². The summed E-state index contributed by atoms with van der Waals surface area (Å²) in [6, 6.07) is 0. The van der Waals surface area contributed by atoms with Crippen molar-refractivity contribution >= 4 is 15.7 Å². The normalized spacial score (nSPS) is 16.8. The van der Waals surface area contributed by atoms with Crippen molar-refractivity contribution in [1.29, 1.82) is 0 Å². The molecule has 5 nitrogen and oxygen atoms in total. The Labute approximate surface area is 106 Å². The minimum atomic E-state index is -3.04. The van der Waals surface area contributed by atoms with Gasteiger partial charge in [-0.1, -0.05) is 6.92 Å². The van der Waals surface area contributed by atoms with Crippen molar-refractivity contribution in [2.45, 2.75) is 26.0 Å². The highest BCUT2D eigenvalue weighted by molar-refractivity contribution is 7.92. The van der Waals surface area contributed by atoms with E-state index >= 15 is 0 Å². The highest BCUT2D eigenvalue weighted by Gasteiger charge is 2.38. The van der Waals surface area contributed by atoms with Gasteiger partial charge >= 0.3 is 0 Å². The van der Waals surface area contributed by atoms with Gasteiger partial charge < -0.3 is 4.90 Å². The van der Waals surface area contributed by atoms with Crippen LogP contribution >= 0.6 is 0 Å². The fourth-order valence-electron chi connectivity index (χ4n) is 1.96. The molecule has 1 aromatic heterocycles. The molecular weight excluding hydrogens is 257 g/mol. The summed E-state index contributed by atoms with van der Waals surface area (Å²) in [5, 5.41) is -0.405. The van der Waals surface area contributed by atoms with E-state index in [-0.39, 0.29) is 11.6 Å². The maximum atomic E-state index is 13.8. The summed E-state index contributed by atoms with van der Waals surface area (Å²) in [7, 11) is -3.04. The molecule has 0 N–H and O–H groups in total. The lowest BCUT2D eigenvalue weighted by Crippen LogP contribution is -2.56. The molecule has 0 unspecified atom stereocenters. The summed E-state index contributed by atoms with van der Waals surface area (Å²) >= 11 is 0. The van der Waals surface area contributed by atoms with Gasteiger partial charge in [0.25, 0.3) is 0 Å². The summed E-state index contributed by atoms with van der Waals surface area (Å²) in [5.41, 5.74) is 0.291. The Morgan fingerprint density at radius 1 is 1.33 bits per heavy atom. The third-order valence-corrected chi connectivity index (χ3v) is 5.29. The van der Waals surface area contributed by atoms with Crippen LogP contribution in [0.5, 0.6) is 0 Å². The first-order valence-electron chi connectivity index (χ1n) is 5.82. The van der Waals surface area contributed by atoms with Gasteiger partial charge in [-0.25, -0.2) is 22.8 Å². The van der Waals surface area contributed by atoms with Crippen LogP contribution in [0.3, 0.4) is 0 Å². The molecule has 0 amide bonds. The van der Waals surface area contributed by atoms with Gasteiger partial charge in [0.2, 0.25) is 0 Å². The molecule has 0 atom stereocenters. The van der Waals surface area contributed by atoms with E-state index in [9.17, 15) is 12.8 Å². The Kier molecular flexibility index (Phi) is 3.27. The van der Waals surface area contributed by atoms with Crippen LogP contribution in [0.2, 0.25) is 0 Å². The summed E-state index contributed by atoms with van der Waals surface area (Å²) in [6.07, 6.45) is 0. The second-order valence-corrected chi connectivity index (χ2v) is 7.04. The minimum Gasteiger partial charge on any atom is -0.351 e. The van der Waals surface area contributed by atoms with E-state index in [0.29, 0.717) is 24.6 Å². The number of aromatic nitrogens is 2. The molecule has 0 aromatic carbocycles. The zero-order valence-corrected chi connectivity index (χ0v) is 11.5. The van der Waals surface area contributed by atoms with Crippen LogP contribution in [-0.2, 0) is 9.84 Å². The highest BCUT2D eigenvalue weighted by atomic mass is 32.2. The van der Waals surface area contributed by atoms with Crippen molar-refractivity contribution in [3.63, 3.8) is 0 Å². The first kappa shape index (κ1) is 13.2. The smallest absolute Gasteiger partial charge is 0.186 e. The Bertz CT molecular complexity index is 568. The van der Waals surface area contributed by atoms with Crippen molar-refractivity contribution < 1.29 is 12.8 Å². The third-order valence-electron chi connectivity index (χ3n) is 3.17. The maximum absolute atomic E-state index is 13.8. The van der Waals surface area contributed by atoms with E-state index in [1.54, 1.807) is 25.7 Å². The molecule has 100 valence electrons. The molecule has 0 saturated carbocycles. The molecule has 7 heteroatoms. The molecule has 0 aliphatic carbocycles. The fraction of sp³-hybridized carbons (Fsp3) is 0.636. The predicted molar refractivity (Wildman–Crippen MR) is 66.9 cm³/mol. The zero-order valence-electron chi connectivity index (χ0n) is 10.6. The number of anilines is 1. The van der Waals surface area contributed by atoms with Crippen LogP contribution in [0.25, 0.3) is 0 Å². The number of rotatable bonds is 3. The van der Waals surface area contributed by atoms with Crippen LogP contribution in [0.15, 0.2) is 0 Å². The van der Waals surface area contributed by atoms with Crippen molar-refractivity contribution in [2.75, 3.05) is 23.7 Å². The van der Waals surface area contributed by atoms with E-state index in [2.05, 4.69) is 9.97 Å². The Morgan fingerprint density at radius 2 is 1.94 bits per heavy atom. The molecule has 2 rings (SSSR count). The van der Waals surface area contributed by atoms with Crippen molar-refractivity contribution in [2.24, 2.45) is 0 Å². The largest absolute Gasteiger partial charge is 0.351 e. The van der Waals surface area contributed by atoms with Gasteiger partial charge in [-0.05, 0) is 13.8 Å². The summed E-state index contributed by atoms with van der Waals surface area (Å²) < 4.78 is 37.1. The maximum Gasteiger partial charge on any atom is 0.186 e. The topological polar surface area (TPSA) is 63.2 Å². The van der Waals surface area contributed by atoms with E-state index in [1.807, 2.05) is 0 Å². The van der Waals surface area contributed by atoms with E-state index in [0.717, 1.165) is 0 Å². The number of hydrogen-bond donors (Lipinski definition) is 0. The molecule has 0 radical (unpaired) electrons.